The molecule has 1 heterocycles. The van der Waals surface area contributed by atoms with E-state index < -0.39 is 35.0 Å². The molecular formula is C23H37N3O6. The molecular weight excluding hydrogens is 414 g/mol. The van der Waals surface area contributed by atoms with Crippen LogP contribution in [-0.2, 0) is 25.5 Å². The minimum absolute atomic E-state index is 0.258. The van der Waals surface area contributed by atoms with Crippen molar-refractivity contribution in [2.24, 2.45) is 11.5 Å². The Labute approximate surface area is 190 Å². The van der Waals surface area contributed by atoms with Gasteiger partial charge in [0.25, 0.3) is 0 Å². The van der Waals surface area contributed by atoms with Crippen molar-refractivity contribution in [3.05, 3.63) is 29.3 Å². The van der Waals surface area contributed by atoms with Crippen molar-refractivity contribution in [3.63, 3.8) is 0 Å². The molecule has 2 unspecified atom stereocenters. The molecule has 0 bridgehead atoms. The number of nitrogens with one attached hydrogen (secondary N) is 1. The molecule has 180 valence electrons. The van der Waals surface area contributed by atoms with Gasteiger partial charge in [-0.3, -0.25) is 0 Å². The number of fused-ring (bicyclic) bond motifs is 1. The number of esters is 1. The molecule has 2 rings (SSSR count). The first-order valence-electron chi connectivity index (χ1n) is 10.8. The average molecular weight is 452 g/mol. The topological polar surface area (TPSA) is 135 Å². The van der Waals surface area contributed by atoms with Crippen LogP contribution in [0, 0.1) is 0 Å². The fourth-order valence-corrected chi connectivity index (χ4v) is 3.23. The van der Waals surface area contributed by atoms with Crippen LogP contribution in [0.15, 0.2) is 18.2 Å². The number of ether oxygens (including phenoxy) is 3. The molecule has 9 heteroatoms. The molecule has 0 saturated carbocycles. The number of carbonyl (C=O) groups excluding carboxylic acids is 2. The summed E-state index contributed by atoms with van der Waals surface area (Å²) in [4.78, 5) is 30.9. The Morgan fingerprint density at radius 2 is 1.75 bits per heavy atom. The first-order chi connectivity index (χ1) is 14.6. The second-order valence-electron chi connectivity index (χ2n) is 10.2. The molecule has 1 aromatic carbocycles. The Kier molecular flexibility index (Phi) is 7.80. The van der Waals surface area contributed by atoms with Crippen molar-refractivity contribution in [2.75, 3.05) is 6.54 Å². The highest BCUT2D eigenvalue weighted by Gasteiger charge is 2.50. The maximum absolute atomic E-state index is 13.1. The van der Waals surface area contributed by atoms with Crippen molar-refractivity contribution >= 4 is 12.1 Å². The third-order valence-corrected chi connectivity index (χ3v) is 4.88. The molecule has 0 saturated heterocycles. The van der Waals surface area contributed by atoms with Gasteiger partial charge in [0.2, 0.25) is 5.60 Å². The lowest BCUT2D eigenvalue weighted by molar-refractivity contribution is -0.205. The zero-order valence-electron chi connectivity index (χ0n) is 20.1. The third kappa shape index (κ3) is 6.82. The summed E-state index contributed by atoms with van der Waals surface area (Å²) in [7, 11) is 0. The van der Waals surface area contributed by atoms with E-state index in [0.29, 0.717) is 25.1 Å². The van der Waals surface area contributed by atoms with Crippen LogP contribution in [0.4, 0.5) is 4.79 Å². The van der Waals surface area contributed by atoms with Crippen molar-refractivity contribution in [1.82, 2.24) is 5.48 Å². The van der Waals surface area contributed by atoms with E-state index in [0.717, 1.165) is 11.1 Å². The van der Waals surface area contributed by atoms with E-state index in [2.05, 4.69) is 5.48 Å². The maximum Gasteiger partial charge on any atom is 0.431 e. The number of nitrogens with two attached hydrogens (primary N) is 2. The lowest BCUT2D eigenvalue weighted by Crippen LogP contribution is -2.58. The zero-order chi connectivity index (χ0) is 24.3. The van der Waals surface area contributed by atoms with Crippen LogP contribution in [0.3, 0.4) is 0 Å². The minimum Gasteiger partial charge on any atom is -0.486 e. The number of amides is 1. The monoisotopic (exact) mass is 451 g/mol. The Balaban J connectivity index is 2.26. The van der Waals surface area contributed by atoms with E-state index in [1.54, 1.807) is 41.5 Å². The zero-order valence-corrected chi connectivity index (χ0v) is 20.1. The van der Waals surface area contributed by atoms with E-state index in [9.17, 15) is 9.59 Å². The van der Waals surface area contributed by atoms with Crippen molar-refractivity contribution in [3.8, 4) is 5.75 Å². The van der Waals surface area contributed by atoms with Crippen molar-refractivity contribution < 1.29 is 28.6 Å². The molecule has 0 radical (unpaired) electrons. The summed E-state index contributed by atoms with van der Waals surface area (Å²) in [5.74, 6) is -0.0406. The van der Waals surface area contributed by atoms with E-state index in [-0.39, 0.29) is 6.04 Å². The molecule has 5 N–H and O–H groups in total. The van der Waals surface area contributed by atoms with Crippen molar-refractivity contribution in [1.29, 1.82) is 0 Å². The highest BCUT2D eigenvalue weighted by molar-refractivity contribution is 5.81. The van der Waals surface area contributed by atoms with Gasteiger partial charge in [-0.1, -0.05) is 12.1 Å². The summed E-state index contributed by atoms with van der Waals surface area (Å²) in [6.07, 6.45) is -0.447. The predicted octanol–water partition coefficient (Wildman–Crippen LogP) is 2.90. The highest BCUT2D eigenvalue weighted by Crippen LogP contribution is 2.35. The molecule has 9 nitrogen and oxygen atoms in total. The fourth-order valence-electron chi connectivity index (χ4n) is 3.23. The lowest BCUT2D eigenvalue weighted by atomic mass is 9.89. The van der Waals surface area contributed by atoms with Gasteiger partial charge < -0.3 is 25.7 Å². The normalized spacial score (nSPS) is 19.1. The summed E-state index contributed by atoms with van der Waals surface area (Å²) >= 11 is 0. The van der Waals surface area contributed by atoms with Gasteiger partial charge in [0.15, 0.2) is 0 Å². The second kappa shape index (κ2) is 9.64. The van der Waals surface area contributed by atoms with Crippen LogP contribution in [0.25, 0.3) is 0 Å². The van der Waals surface area contributed by atoms with E-state index in [1.807, 2.05) is 18.2 Å². The van der Waals surface area contributed by atoms with Gasteiger partial charge in [-0.25, -0.2) is 14.4 Å². The van der Waals surface area contributed by atoms with Crippen LogP contribution >= 0.6 is 0 Å². The maximum atomic E-state index is 13.1. The molecule has 1 aliphatic heterocycles. The number of benzene rings is 1. The van der Waals surface area contributed by atoms with Gasteiger partial charge in [0.1, 0.15) is 23.1 Å². The van der Waals surface area contributed by atoms with E-state index in [1.165, 1.54) is 6.92 Å². The Morgan fingerprint density at radius 1 is 1.12 bits per heavy atom. The summed E-state index contributed by atoms with van der Waals surface area (Å²) in [6, 6.07) is 5.37. The summed E-state index contributed by atoms with van der Waals surface area (Å²) in [5, 5.41) is 0. The second-order valence-corrected chi connectivity index (χ2v) is 10.2. The number of aryl methyl sites for hydroxylation is 1. The molecule has 0 spiro atoms. The van der Waals surface area contributed by atoms with Crippen LogP contribution < -0.4 is 21.7 Å². The molecule has 1 aromatic rings. The predicted molar refractivity (Wildman–Crippen MR) is 120 cm³/mol. The van der Waals surface area contributed by atoms with Gasteiger partial charge in [-0.05, 0) is 78.5 Å². The molecule has 1 amide bonds. The highest BCUT2D eigenvalue weighted by atomic mass is 16.7. The Hall–Kier alpha value is -2.36. The van der Waals surface area contributed by atoms with E-state index >= 15 is 0 Å². The van der Waals surface area contributed by atoms with Gasteiger partial charge in [0, 0.05) is 12.6 Å². The Morgan fingerprint density at radius 3 is 2.31 bits per heavy atom. The molecule has 0 aliphatic carbocycles. The number of hydrogen-bond donors (Lipinski definition) is 3. The largest absolute Gasteiger partial charge is 0.486 e. The minimum atomic E-state index is -1.62. The van der Waals surface area contributed by atoms with E-state index in [4.69, 9.17) is 30.5 Å². The van der Waals surface area contributed by atoms with Crippen LogP contribution in [0.1, 0.15) is 72.1 Å². The van der Waals surface area contributed by atoms with Gasteiger partial charge in [-0.15, -0.1) is 0 Å². The summed E-state index contributed by atoms with van der Waals surface area (Å²) < 4.78 is 16.9. The number of hydroxylamine groups is 1. The molecule has 32 heavy (non-hydrogen) atoms. The molecule has 0 aromatic heterocycles. The average Bonchev–Trinajstić information content (AvgIpc) is 2.68. The number of carbonyl (C=O) groups is 2. The quantitative estimate of drug-likeness (QED) is 0.444. The van der Waals surface area contributed by atoms with Gasteiger partial charge in [0.05, 0.1) is 0 Å². The summed E-state index contributed by atoms with van der Waals surface area (Å²) in [5.41, 5.74) is 12.7. The third-order valence-electron chi connectivity index (χ3n) is 4.88. The van der Waals surface area contributed by atoms with Gasteiger partial charge >= 0.3 is 12.1 Å². The van der Waals surface area contributed by atoms with Crippen molar-refractivity contribution in [2.45, 2.75) is 90.3 Å². The lowest BCUT2D eigenvalue weighted by Gasteiger charge is -2.39. The van der Waals surface area contributed by atoms with Crippen LogP contribution in [-0.4, -0.2) is 41.5 Å². The SMILES string of the molecule is CC(C)(C)OC(=O)NOC(C)(C(=O)OC(C)(C)C)[C@H]1CCc2cc(C(N)CN)ccc2O1. The first-order valence-corrected chi connectivity index (χ1v) is 10.8. The fraction of sp³-hybridized carbons (Fsp3) is 0.652. The smallest absolute Gasteiger partial charge is 0.431 e. The summed E-state index contributed by atoms with van der Waals surface area (Å²) in [6.45, 7) is 12.3. The molecule has 0 fully saturated rings. The number of rotatable bonds is 6. The standard InChI is InChI=1S/C23H37N3O6/c1-21(2,3)30-19(27)23(7,32-26-20(28)31-22(4,5)6)18-11-9-15-12-14(16(25)13-24)8-10-17(15)29-18/h8,10,12,16,18H,9,11,13,24-25H2,1-7H3,(H,26,28)/t16?,18-,23?/m1/s1. The van der Waals surface area contributed by atoms with Crippen LogP contribution in [0.5, 0.6) is 5.75 Å². The number of hydrogen-bond acceptors (Lipinski definition) is 8. The first kappa shape index (κ1) is 25.9. The molecule has 1 aliphatic rings. The van der Waals surface area contributed by atoms with Gasteiger partial charge in [-0.2, -0.15) is 5.48 Å². The van der Waals surface area contributed by atoms with Crippen LogP contribution in [0.2, 0.25) is 0 Å². The molecule has 3 atom stereocenters. The Bertz CT molecular complexity index is 830.